The van der Waals surface area contributed by atoms with Crippen LogP contribution in [-0.2, 0) is 4.79 Å². The normalized spacial score (nSPS) is 31.5. The summed E-state index contributed by atoms with van der Waals surface area (Å²) >= 11 is 0. The first-order chi connectivity index (χ1) is 6.75. The second kappa shape index (κ2) is 4.28. The number of nitrogens with zero attached hydrogens (tertiary/aromatic N) is 2. The fourth-order valence-corrected chi connectivity index (χ4v) is 2.27. The molecule has 0 radical (unpaired) electrons. The molecule has 2 fully saturated rings. The Balaban J connectivity index is 1.85. The summed E-state index contributed by atoms with van der Waals surface area (Å²) in [6.45, 7) is 5.37. The number of carbonyl (C=O) groups excluding carboxylic acids is 1. The molecule has 2 saturated heterocycles. The molecule has 1 amide bonds. The van der Waals surface area contributed by atoms with Crippen molar-refractivity contribution >= 4 is 5.91 Å². The summed E-state index contributed by atoms with van der Waals surface area (Å²) in [5, 5.41) is 2.88. The maximum Gasteiger partial charge on any atom is 0.221 e. The second-order valence-electron chi connectivity index (χ2n) is 4.34. The molecule has 0 aromatic heterocycles. The Kier molecular flexibility index (Phi) is 3.03. The van der Waals surface area contributed by atoms with E-state index in [9.17, 15) is 4.79 Å². The number of nitrogens with one attached hydrogen (secondary N) is 1. The zero-order chi connectivity index (χ0) is 9.97. The van der Waals surface area contributed by atoms with Crippen molar-refractivity contribution in [1.29, 1.82) is 0 Å². The number of hydrogen-bond acceptors (Lipinski definition) is 3. The van der Waals surface area contributed by atoms with E-state index in [1.807, 2.05) is 0 Å². The van der Waals surface area contributed by atoms with Crippen molar-refractivity contribution in [3.05, 3.63) is 0 Å². The van der Waals surface area contributed by atoms with Gasteiger partial charge in [0, 0.05) is 45.2 Å². The summed E-state index contributed by atoms with van der Waals surface area (Å²) in [6.07, 6.45) is 1.82. The molecule has 2 aliphatic heterocycles. The van der Waals surface area contributed by atoms with E-state index < -0.39 is 0 Å². The molecule has 2 aliphatic rings. The van der Waals surface area contributed by atoms with Gasteiger partial charge < -0.3 is 10.2 Å². The molecule has 1 N–H and O–H groups in total. The summed E-state index contributed by atoms with van der Waals surface area (Å²) in [4.78, 5) is 16.0. The van der Waals surface area contributed by atoms with Crippen LogP contribution in [-0.4, -0.2) is 61.5 Å². The highest BCUT2D eigenvalue weighted by molar-refractivity contribution is 5.77. The average molecular weight is 197 g/mol. The molecule has 1 atom stereocenters. The van der Waals surface area contributed by atoms with E-state index in [4.69, 9.17) is 0 Å². The molecule has 14 heavy (non-hydrogen) atoms. The van der Waals surface area contributed by atoms with Crippen LogP contribution >= 0.6 is 0 Å². The lowest BCUT2D eigenvalue weighted by atomic mass is 10.0. The van der Waals surface area contributed by atoms with Gasteiger partial charge in [0.25, 0.3) is 0 Å². The minimum Gasteiger partial charge on any atom is -0.356 e. The average Bonchev–Trinajstić information content (AvgIpc) is 2.19. The van der Waals surface area contributed by atoms with Gasteiger partial charge in [0.1, 0.15) is 0 Å². The minimum atomic E-state index is 0.222. The van der Waals surface area contributed by atoms with E-state index in [2.05, 4.69) is 22.2 Å². The van der Waals surface area contributed by atoms with Gasteiger partial charge in [-0.1, -0.05) is 0 Å². The molecule has 2 rings (SSSR count). The molecule has 0 spiro atoms. The van der Waals surface area contributed by atoms with Gasteiger partial charge in [0.15, 0.2) is 0 Å². The SMILES string of the molecule is CN1CCN(C2CCNC(=O)C2)CC1. The van der Waals surface area contributed by atoms with Crippen molar-refractivity contribution in [2.24, 2.45) is 0 Å². The first-order valence-corrected chi connectivity index (χ1v) is 5.45. The molecule has 0 aliphatic carbocycles. The predicted molar refractivity (Wildman–Crippen MR) is 55.1 cm³/mol. The molecule has 0 aromatic rings. The van der Waals surface area contributed by atoms with E-state index in [1.165, 1.54) is 0 Å². The quantitative estimate of drug-likeness (QED) is 0.616. The smallest absolute Gasteiger partial charge is 0.221 e. The Morgan fingerprint density at radius 1 is 1.29 bits per heavy atom. The van der Waals surface area contributed by atoms with Crippen molar-refractivity contribution in [3.8, 4) is 0 Å². The van der Waals surface area contributed by atoms with E-state index in [0.717, 1.165) is 39.1 Å². The molecule has 0 aromatic carbocycles. The first-order valence-electron chi connectivity index (χ1n) is 5.45. The Hall–Kier alpha value is -0.610. The number of hydrogen-bond donors (Lipinski definition) is 1. The molecule has 80 valence electrons. The third-order valence-corrected chi connectivity index (χ3v) is 3.28. The largest absolute Gasteiger partial charge is 0.356 e. The van der Waals surface area contributed by atoms with Gasteiger partial charge in [-0.25, -0.2) is 0 Å². The molecular formula is C10H19N3O. The summed E-state index contributed by atoms with van der Waals surface area (Å²) < 4.78 is 0. The van der Waals surface area contributed by atoms with E-state index in [0.29, 0.717) is 12.5 Å². The molecule has 0 saturated carbocycles. The molecule has 2 heterocycles. The third kappa shape index (κ3) is 2.25. The van der Waals surface area contributed by atoms with Gasteiger partial charge in [-0.15, -0.1) is 0 Å². The summed E-state index contributed by atoms with van der Waals surface area (Å²) in [5.74, 6) is 0.222. The van der Waals surface area contributed by atoms with Crippen LogP contribution in [0.2, 0.25) is 0 Å². The number of piperidine rings is 1. The monoisotopic (exact) mass is 197 g/mol. The number of rotatable bonds is 1. The topological polar surface area (TPSA) is 35.6 Å². The van der Waals surface area contributed by atoms with Crippen LogP contribution in [0, 0.1) is 0 Å². The lowest BCUT2D eigenvalue weighted by Crippen LogP contribution is -2.52. The molecule has 0 bridgehead atoms. The highest BCUT2D eigenvalue weighted by Crippen LogP contribution is 2.14. The van der Waals surface area contributed by atoms with E-state index in [-0.39, 0.29) is 5.91 Å². The van der Waals surface area contributed by atoms with Gasteiger partial charge in [-0.3, -0.25) is 9.69 Å². The Labute approximate surface area is 85.2 Å². The second-order valence-corrected chi connectivity index (χ2v) is 4.34. The number of amides is 1. The molecule has 4 heteroatoms. The van der Waals surface area contributed by atoms with Crippen molar-refractivity contribution < 1.29 is 4.79 Å². The molecular weight excluding hydrogens is 178 g/mol. The van der Waals surface area contributed by atoms with Crippen molar-refractivity contribution in [2.75, 3.05) is 39.8 Å². The zero-order valence-corrected chi connectivity index (χ0v) is 8.83. The molecule has 4 nitrogen and oxygen atoms in total. The van der Waals surface area contributed by atoms with E-state index in [1.54, 1.807) is 0 Å². The lowest BCUT2D eigenvalue weighted by Gasteiger charge is -2.39. The van der Waals surface area contributed by atoms with Gasteiger partial charge in [0.2, 0.25) is 5.91 Å². The van der Waals surface area contributed by atoms with E-state index >= 15 is 0 Å². The number of piperazine rings is 1. The van der Waals surface area contributed by atoms with Crippen LogP contribution in [0.4, 0.5) is 0 Å². The van der Waals surface area contributed by atoms with Gasteiger partial charge in [0.05, 0.1) is 0 Å². The summed E-state index contributed by atoms with van der Waals surface area (Å²) in [6, 6.07) is 0.498. The summed E-state index contributed by atoms with van der Waals surface area (Å²) in [5.41, 5.74) is 0. The number of carbonyl (C=O) groups is 1. The molecule has 1 unspecified atom stereocenters. The third-order valence-electron chi connectivity index (χ3n) is 3.28. The Bertz CT molecular complexity index is 211. The first kappa shape index (κ1) is 9.93. The van der Waals surface area contributed by atoms with Crippen LogP contribution in [0.25, 0.3) is 0 Å². The summed E-state index contributed by atoms with van der Waals surface area (Å²) in [7, 11) is 2.16. The van der Waals surface area contributed by atoms with Crippen LogP contribution in [0.15, 0.2) is 0 Å². The van der Waals surface area contributed by atoms with Crippen LogP contribution in [0.1, 0.15) is 12.8 Å². The fourth-order valence-electron chi connectivity index (χ4n) is 2.27. The Morgan fingerprint density at radius 3 is 2.64 bits per heavy atom. The Morgan fingerprint density at radius 2 is 2.00 bits per heavy atom. The highest BCUT2D eigenvalue weighted by atomic mass is 16.1. The van der Waals surface area contributed by atoms with Crippen LogP contribution in [0.3, 0.4) is 0 Å². The van der Waals surface area contributed by atoms with Gasteiger partial charge in [-0.05, 0) is 13.5 Å². The number of likely N-dealkylation sites (N-methyl/N-ethyl adjacent to an activating group) is 1. The maximum absolute atomic E-state index is 11.2. The standard InChI is InChI=1S/C10H19N3O/c1-12-4-6-13(7-5-12)9-2-3-11-10(14)8-9/h9H,2-8H2,1H3,(H,11,14). The van der Waals surface area contributed by atoms with Crippen molar-refractivity contribution in [3.63, 3.8) is 0 Å². The minimum absolute atomic E-state index is 0.222. The lowest BCUT2D eigenvalue weighted by molar-refractivity contribution is -0.124. The fraction of sp³-hybridized carbons (Fsp3) is 0.900. The maximum atomic E-state index is 11.2. The van der Waals surface area contributed by atoms with Gasteiger partial charge in [-0.2, -0.15) is 0 Å². The zero-order valence-electron chi connectivity index (χ0n) is 8.83. The van der Waals surface area contributed by atoms with Crippen molar-refractivity contribution in [2.45, 2.75) is 18.9 Å². The highest BCUT2D eigenvalue weighted by Gasteiger charge is 2.26. The van der Waals surface area contributed by atoms with Crippen molar-refractivity contribution in [1.82, 2.24) is 15.1 Å². The van der Waals surface area contributed by atoms with Crippen LogP contribution in [0.5, 0.6) is 0 Å². The predicted octanol–water partition coefficient (Wildman–Crippen LogP) is -0.488. The van der Waals surface area contributed by atoms with Gasteiger partial charge >= 0.3 is 0 Å². The van der Waals surface area contributed by atoms with Crippen LogP contribution < -0.4 is 5.32 Å².